The zero-order valence-corrected chi connectivity index (χ0v) is 13.9. The number of nitrogens with one attached hydrogen (secondary N) is 1. The summed E-state index contributed by atoms with van der Waals surface area (Å²) in [6, 6.07) is 5.83. The molecule has 2 rings (SSSR count). The van der Waals surface area contributed by atoms with E-state index in [0.29, 0.717) is 12.8 Å². The van der Waals surface area contributed by atoms with Gasteiger partial charge in [-0.25, -0.2) is 4.79 Å². The predicted octanol–water partition coefficient (Wildman–Crippen LogP) is 2.73. The van der Waals surface area contributed by atoms with Crippen LogP contribution in [-0.4, -0.2) is 29.2 Å². The third-order valence-electron chi connectivity index (χ3n) is 4.40. The molecule has 2 N–H and O–H groups in total. The number of aliphatic hydroxyl groups is 1. The van der Waals surface area contributed by atoms with Crippen LogP contribution in [0.25, 0.3) is 0 Å². The van der Waals surface area contributed by atoms with E-state index in [4.69, 9.17) is 4.74 Å². The van der Waals surface area contributed by atoms with E-state index < -0.39 is 11.6 Å². The second kappa shape index (κ2) is 7.59. The summed E-state index contributed by atoms with van der Waals surface area (Å²) in [5, 5.41) is 13.1. The Bertz CT molecular complexity index is 576. The van der Waals surface area contributed by atoms with Crippen LogP contribution in [0, 0.1) is 6.92 Å². The molecule has 0 spiro atoms. The lowest BCUT2D eigenvalue weighted by Crippen LogP contribution is -2.42. The number of carbonyl (C=O) groups excluding carboxylic acids is 2. The highest BCUT2D eigenvalue weighted by Crippen LogP contribution is 2.29. The van der Waals surface area contributed by atoms with Gasteiger partial charge >= 0.3 is 5.97 Å². The molecule has 0 radical (unpaired) electrons. The number of ether oxygens (including phenoxy) is 1. The molecule has 5 nitrogen and oxygen atoms in total. The Morgan fingerprint density at radius 1 is 1.26 bits per heavy atom. The fourth-order valence-electron chi connectivity index (χ4n) is 2.98. The molecule has 23 heavy (non-hydrogen) atoms. The number of para-hydroxylation sites is 1. The van der Waals surface area contributed by atoms with Gasteiger partial charge in [-0.15, -0.1) is 0 Å². The first-order chi connectivity index (χ1) is 11.0. The van der Waals surface area contributed by atoms with Crippen molar-refractivity contribution < 1.29 is 19.4 Å². The molecule has 1 fully saturated rings. The van der Waals surface area contributed by atoms with Crippen LogP contribution in [0.3, 0.4) is 0 Å². The first-order valence-corrected chi connectivity index (χ1v) is 8.24. The van der Waals surface area contributed by atoms with E-state index in [-0.39, 0.29) is 12.5 Å². The molecule has 0 aromatic heterocycles. The van der Waals surface area contributed by atoms with E-state index in [2.05, 4.69) is 5.32 Å². The van der Waals surface area contributed by atoms with E-state index in [1.807, 2.05) is 32.0 Å². The van der Waals surface area contributed by atoms with E-state index in [9.17, 15) is 14.7 Å². The predicted molar refractivity (Wildman–Crippen MR) is 88.2 cm³/mol. The van der Waals surface area contributed by atoms with Gasteiger partial charge in [0.05, 0.1) is 0 Å². The highest BCUT2D eigenvalue weighted by atomic mass is 16.6. The Morgan fingerprint density at radius 2 is 1.96 bits per heavy atom. The highest BCUT2D eigenvalue weighted by Gasteiger charge is 2.38. The van der Waals surface area contributed by atoms with Gasteiger partial charge in [0.2, 0.25) is 0 Å². The number of hydrogen-bond donors (Lipinski definition) is 2. The summed E-state index contributed by atoms with van der Waals surface area (Å²) in [4.78, 5) is 24.1. The number of aryl methyl sites for hydroxylation is 2. The summed E-state index contributed by atoms with van der Waals surface area (Å²) in [6.07, 6.45) is 4.25. The average molecular weight is 319 g/mol. The number of carbonyl (C=O) groups is 2. The number of esters is 1. The van der Waals surface area contributed by atoms with Gasteiger partial charge in [0.25, 0.3) is 5.91 Å². The van der Waals surface area contributed by atoms with E-state index in [0.717, 1.165) is 42.5 Å². The monoisotopic (exact) mass is 319 g/mol. The van der Waals surface area contributed by atoms with E-state index in [1.54, 1.807) is 0 Å². The van der Waals surface area contributed by atoms with Gasteiger partial charge in [-0.2, -0.15) is 0 Å². The van der Waals surface area contributed by atoms with Crippen molar-refractivity contribution in [3.63, 3.8) is 0 Å². The Kier molecular flexibility index (Phi) is 5.77. The van der Waals surface area contributed by atoms with Crippen molar-refractivity contribution in [2.45, 2.75) is 58.0 Å². The van der Waals surface area contributed by atoms with Gasteiger partial charge in [-0.3, -0.25) is 4.79 Å². The summed E-state index contributed by atoms with van der Waals surface area (Å²) < 4.78 is 5.03. The minimum absolute atomic E-state index is 0.376. The Balaban J connectivity index is 1.92. The lowest BCUT2D eigenvalue weighted by Gasteiger charge is -2.29. The van der Waals surface area contributed by atoms with Gasteiger partial charge in [-0.05, 0) is 50.2 Å². The number of hydrogen-bond acceptors (Lipinski definition) is 4. The van der Waals surface area contributed by atoms with Crippen LogP contribution < -0.4 is 5.32 Å². The smallest absolute Gasteiger partial charge is 0.338 e. The zero-order chi connectivity index (χ0) is 16.9. The molecule has 1 saturated carbocycles. The van der Waals surface area contributed by atoms with Gasteiger partial charge in [0.1, 0.15) is 0 Å². The maximum Gasteiger partial charge on any atom is 0.338 e. The maximum absolute atomic E-state index is 12.1. The summed E-state index contributed by atoms with van der Waals surface area (Å²) in [5.74, 6) is -1.07. The Labute approximate surface area is 137 Å². The standard InChI is InChI=1S/C18H25NO4/c1-3-14-9-7-8-13(2)16(14)19-15(20)12-23-17(21)18(22)10-5-4-6-11-18/h7-9,22H,3-6,10-12H2,1-2H3,(H,19,20). The number of anilines is 1. The third-order valence-corrected chi connectivity index (χ3v) is 4.40. The minimum atomic E-state index is -1.42. The van der Waals surface area contributed by atoms with Crippen molar-refractivity contribution in [3.05, 3.63) is 29.3 Å². The topological polar surface area (TPSA) is 75.6 Å². The molecule has 1 amide bonds. The van der Waals surface area contributed by atoms with Crippen molar-refractivity contribution >= 4 is 17.6 Å². The minimum Gasteiger partial charge on any atom is -0.453 e. The summed E-state index contributed by atoms with van der Waals surface area (Å²) in [7, 11) is 0. The molecular weight excluding hydrogens is 294 g/mol. The molecule has 0 atom stereocenters. The number of amides is 1. The normalized spacial score (nSPS) is 16.7. The largest absolute Gasteiger partial charge is 0.453 e. The fraction of sp³-hybridized carbons (Fsp3) is 0.556. The SMILES string of the molecule is CCc1cccc(C)c1NC(=O)COC(=O)C1(O)CCCCC1. The summed E-state index contributed by atoms with van der Waals surface area (Å²) in [5.41, 5.74) is 1.36. The third kappa shape index (κ3) is 4.32. The molecule has 126 valence electrons. The molecule has 0 saturated heterocycles. The zero-order valence-electron chi connectivity index (χ0n) is 13.9. The molecule has 0 heterocycles. The molecular formula is C18H25NO4. The maximum atomic E-state index is 12.1. The van der Waals surface area contributed by atoms with Gasteiger partial charge in [0, 0.05) is 5.69 Å². The molecule has 0 aliphatic heterocycles. The molecule has 0 unspecified atom stereocenters. The fourth-order valence-corrected chi connectivity index (χ4v) is 2.98. The van der Waals surface area contributed by atoms with Crippen LogP contribution in [0.4, 0.5) is 5.69 Å². The lowest BCUT2D eigenvalue weighted by atomic mass is 9.85. The molecule has 1 aromatic rings. The van der Waals surface area contributed by atoms with Crippen LogP contribution in [0.2, 0.25) is 0 Å². The Morgan fingerprint density at radius 3 is 2.61 bits per heavy atom. The van der Waals surface area contributed by atoms with Crippen molar-refractivity contribution in [1.82, 2.24) is 0 Å². The second-order valence-electron chi connectivity index (χ2n) is 6.18. The highest BCUT2D eigenvalue weighted by molar-refractivity contribution is 5.94. The molecule has 5 heteroatoms. The lowest BCUT2D eigenvalue weighted by molar-refractivity contribution is -0.170. The molecule has 0 bridgehead atoms. The first kappa shape index (κ1) is 17.5. The summed E-state index contributed by atoms with van der Waals surface area (Å²) >= 11 is 0. The summed E-state index contributed by atoms with van der Waals surface area (Å²) in [6.45, 7) is 3.56. The van der Waals surface area contributed by atoms with E-state index >= 15 is 0 Å². The van der Waals surface area contributed by atoms with Gasteiger partial charge in [-0.1, -0.05) is 31.5 Å². The van der Waals surface area contributed by atoms with Crippen LogP contribution in [0.15, 0.2) is 18.2 Å². The Hall–Kier alpha value is -1.88. The van der Waals surface area contributed by atoms with Crippen LogP contribution in [0.5, 0.6) is 0 Å². The van der Waals surface area contributed by atoms with Crippen LogP contribution >= 0.6 is 0 Å². The van der Waals surface area contributed by atoms with Crippen molar-refractivity contribution in [1.29, 1.82) is 0 Å². The van der Waals surface area contributed by atoms with Crippen LogP contribution in [0.1, 0.15) is 50.2 Å². The van der Waals surface area contributed by atoms with E-state index in [1.165, 1.54) is 0 Å². The van der Waals surface area contributed by atoms with Crippen molar-refractivity contribution in [2.24, 2.45) is 0 Å². The molecule has 1 aromatic carbocycles. The van der Waals surface area contributed by atoms with Gasteiger partial charge < -0.3 is 15.2 Å². The average Bonchev–Trinajstić information content (AvgIpc) is 2.55. The molecule has 1 aliphatic rings. The number of benzene rings is 1. The van der Waals surface area contributed by atoms with Crippen molar-refractivity contribution in [2.75, 3.05) is 11.9 Å². The second-order valence-corrected chi connectivity index (χ2v) is 6.18. The van der Waals surface area contributed by atoms with Gasteiger partial charge in [0.15, 0.2) is 12.2 Å². The first-order valence-electron chi connectivity index (χ1n) is 8.24. The number of rotatable bonds is 5. The molecule has 1 aliphatic carbocycles. The quantitative estimate of drug-likeness (QED) is 0.818. The van der Waals surface area contributed by atoms with Crippen LogP contribution in [-0.2, 0) is 20.7 Å². The van der Waals surface area contributed by atoms with Crippen molar-refractivity contribution in [3.8, 4) is 0 Å².